The first-order valence-electron chi connectivity index (χ1n) is 6.60. The van der Waals surface area contributed by atoms with Crippen LogP contribution in [0.25, 0.3) is 0 Å². The summed E-state index contributed by atoms with van der Waals surface area (Å²) >= 11 is 0. The quantitative estimate of drug-likeness (QED) is 0.893. The van der Waals surface area contributed by atoms with Crippen molar-refractivity contribution < 1.29 is 12.9 Å². The molecule has 0 aliphatic carbocycles. The highest BCUT2D eigenvalue weighted by Gasteiger charge is 2.34. The van der Waals surface area contributed by atoms with Gasteiger partial charge in [0, 0.05) is 13.1 Å². The average Bonchev–Trinajstić information content (AvgIpc) is 2.70. The Kier molecular flexibility index (Phi) is 4.27. The second-order valence-corrected chi connectivity index (χ2v) is 6.98. The van der Waals surface area contributed by atoms with Crippen LogP contribution in [-0.4, -0.2) is 37.5 Å². The van der Waals surface area contributed by atoms with Gasteiger partial charge < -0.3 is 10.3 Å². The number of sulfonamides is 1. The number of rotatable bonds is 4. The van der Waals surface area contributed by atoms with Crippen molar-refractivity contribution in [1.82, 2.24) is 9.46 Å². The predicted molar refractivity (Wildman–Crippen MR) is 71.1 cm³/mol. The molecule has 0 saturated carbocycles. The molecule has 1 aliphatic heterocycles. The van der Waals surface area contributed by atoms with Gasteiger partial charge in [-0.1, -0.05) is 5.16 Å². The lowest BCUT2D eigenvalue weighted by atomic mass is 9.96. The average molecular weight is 287 g/mol. The molecule has 6 nitrogen and oxygen atoms in total. The molecule has 2 rings (SSSR count). The Morgan fingerprint density at radius 2 is 2.21 bits per heavy atom. The summed E-state index contributed by atoms with van der Waals surface area (Å²) in [7, 11) is -3.50. The van der Waals surface area contributed by atoms with Gasteiger partial charge in [0.25, 0.3) is 0 Å². The van der Waals surface area contributed by atoms with E-state index in [1.165, 1.54) is 0 Å². The number of aryl methyl sites for hydroxylation is 2. The van der Waals surface area contributed by atoms with Gasteiger partial charge in [0.2, 0.25) is 10.0 Å². The van der Waals surface area contributed by atoms with E-state index in [0.717, 1.165) is 19.3 Å². The second-order valence-electron chi connectivity index (χ2n) is 5.10. The maximum Gasteiger partial charge on any atom is 0.248 e. The molecular weight excluding hydrogens is 266 g/mol. The second kappa shape index (κ2) is 5.60. The van der Waals surface area contributed by atoms with Gasteiger partial charge in [-0.3, -0.25) is 0 Å². The molecule has 108 valence electrons. The van der Waals surface area contributed by atoms with E-state index in [9.17, 15) is 8.42 Å². The zero-order chi connectivity index (χ0) is 14.0. The first kappa shape index (κ1) is 14.5. The van der Waals surface area contributed by atoms with E-state index >= 15 is 0 Å². The van der Waals surface area contributed by atoms with Crippen LogP contribution in [0, 0.1) is 19.8 Å². The molecule has 0 aromatic carbocycles. The van der Waals surface area contributed by atoms with Crippen LogP contribution in [-0.2, 0) is 10.0 Å². The molecule has 1 aromatic heterocycles. The highest BCUT2D eigenvalue weighted by Crippen LogP contribution is 2.28. The van der Waals surface area contributed by atoms with Crippen molar-refractivity contribution in [3.63, 3.8) is 0 Å². The van der Waals surface area contributed by atoms with Gasteiger partial charge in [0.05, 0.1) is 0 Å². The molecule has 19 heavy (non-hydrogen) atoms. The van der Waals surface area contributed by atoms with Gasteiger partial charge in [-0.2, -0.15) is 4.31 Å². The number of piperidine rings is 1. The van der Waals surface area contributed by atoms with Gasteiger partial charge in [-0.05, 0) is 45.6 Å². The third kappa shape index (κ3) is 2.82. The number of hydrogen-bond acceptors (Lipinski definition) is 5. The number of nitrogens with zero attached hydrogens (tertiary/aromatic N) is 2. The van der Waals surface area contributed by atoms with E-state index in [1.807, 2.05) is 0 Å². The fraction of sp³-hybridized carbons (Fsp3) is 0.750. The molecule has 7 heteroatoms. The maximum absolute atomic E-state index is 12.6. The first-order chi connectivity index (χ1) is 8.96. The molecule has 1 aromatic rings. The molecule has 0 amide bonds. The van der Waals surface area contributed by atoms with Gasteiger partial charge in [0.1, 0.15) is 10.6 Å². The third-order valence-corrected chi connectivity index (χ3v) is 5.73. The van der Waals surface area contributed by atoms with E-state index in [0.29, 0.717) is 37.0 Å². The Morgan fingerprint density at radius 1 is 1.47 bits per heavy atom. The lowest BCUT2D eigenvalue weighted by Gasteiger charge is -2.31. The third-order valence-electron chi connectivity index (χ3n) is 3.62. The molecular formula is C12H21N3O3S. The van der Waals surface area contributed by atoms with Gasteiger partial charge in [-0.15, -0.1) is 0 Å². The standard InChI is InChI=1S/C12H21N3O3S/c1-9-12(10(2)18-14-9)19(16,17)15-7-3-4-11(8-15)5-6-13/h11H,3-8,13H2,1-2H3. The van der Waals surface area contributed by atoms with Crippen molar-refractivity contribution in [2.45, 2.75) is 38.0 Å². The van der Waals surface area contributed by atoms with Crippen LogP contribution in [0.4, 0.5) is 0 Å². The lowest BCUT2D eigenvalue weighted by Crippen LogP contribution is -2.40. The number of hydrogen-bond donors (Lipinski definition) is 1. The van der Waals surface area contributed by atoms with E-state index in [1.54, 1.807) is 18.2 Å². The van der Waals surface area contributed by atoms with Crippen LogP contribution >= 0.6 is 0 Å². The molecule has 2 heterocycles. The topological polar surface area (TPSA) is 89.4 Å². The predicted octanol–water partition coefficient (Wildman–Crippen LogP) is 1.04. The highest BCUT2D eigenvalue weighted by atomic mass is 32.2. The number of aromatic nitrogens is 1. The van der Waals surface area contributed by atoms with Crippen molar-refractivity contribution in [3.05, 3.63) is 11.5 Å². The molecule has 1 aliphatic rings. The Bertz CT molecular complexity index is 517. The zero-order valence-corrected chi connectivity index (χ0v) is 12.2. The van der Waals surface area contributed by atoms with Gasteiger partial charge >= 0.3 is 0 Å². The van der Waals surface area contributed by atoms with Crippen molar-refractivity contribution in [2.24, 2.45) is 11.7 Å². The molecule has 0 spiro atoms. The zero-order valence-electron chi connectivity index (χ0n) is 11.4. The minimum atomic E-state index is -3.50. The summed E-state index contributed by atoms with van der Waals surface area (Å²) < 4.78 is 31.8. The molecule has 1 atom stereocenters. The van der Waals surface area contributed by atoms with Crippen LogP contribution in [0.1, 0.15) is 30.7 Å². The summed E-state index contributed by atoms with van der Waals surface area (Å²) in [4.78, 5) is 0.223. The minimum Gasteiger partial charge on any atom is -0.360 e. The fourth-order valence-electron chi connectivity index (χ4n) is 2.69. The summed E-state index contributed by atoms with van der Waals surface area (Å²) in [5.41, 5.74) is 5.99. The van der Waals surface area contributed by atoms with E-state index in [4.69, 9.17) is 10.3 Å². The first-order valence-corrected chi connectivity index (χ1v) is 8.04. The molecule has 0 radical (unpaired) electrons. The normalized spacial score (nSPS) is 21.7. The number of nitrogens with two attached hydrogens (primary N) is 1. The van der Waals surface area contributed by atoms with Crippen LogP contribution in [0.15, 0.2) is 9.42 Å². The van der Waals surface area contributed by atoms with E-state index < -0.39 is 10.0 Å². The molecule has 1 saturated heterocycles. The van der Waals surface area contributed by atoms with Gasteiger partial charge in [-0.25, -0.2) is 8.42 Å². The summed E-state index contributed by atoms with van der Waals surface area (Å²) in [6.45, 7) is 5.00. The summed E-state index contributed by atoms with van der Waals surface area (Å²) in [5.74, 6) is 0.715. The van der Waals surface area contributed by atoms with Crippen LogP contribution < -0.4 is 5.73 Å². The van der Waals surface area contributed by atoms with Crippen LogP contribution in [0.3, 0.4) is 0 Å². The van der Waals surface area contributed by atoms with Gasteiger partial charge in [0.15, 0.2) is 5.76 Å². The Hall–Kier alpha value is -0.920. The molecule has 2 N–H and O–H groups in total. The largest absolute Gasteiger partial charge is 0.360 e. The summed E-state index contributed by atoms with van der Waals surface area (Å²) in [6.07, 6.45) is 2.80. The summed E-state index contributed by atoms with van der Waals surface area (Å²) in [6, 6.07) is 0. The smallest absolute Gasteiger partial charge is 0.248 e. The Labute approximate surface area is 114 Å². The summed E-state index contributed by atoms with van der Waals surface area (Å²) in [5, 5.41) is 3.73. The van der Waals surface area contributed by atoms with Crippen molar-refractivity contribution in [1.29, 1.82) is 0 Å². The Morgan fingerprint density at radius 3 is 2.79 bits per heavy atom. The Balaban J connectivity index is 2.25. The maximum atomic E-state index is 12.6. The molecule has 0 bridgehead atoms. The van der Waals surface area contributed by atoms with E-state index in [2.05, 4.69) is 5.16 Å². The molecule has 1 fully saturated rings. The van der Waals surface area contributed by atoms with E-state index in [-0.39, 0.29) is 4.90 Å². The van der Waals surface area contributed by atoms with Crippen LogP contribution in [0.2, 0.25) is 0 Å². The fourth-order valence-corrected chi connectivity index (χ4v) is 4.53. The monoisotopic (exact) mass is 287 g/mol. The minimum absolute atomic E-state index is 0.223. The van der Waals surface area contributed by atoms with Crippen molar-refractivity contribution in [3.8, 4) is 0 Å². The highest BCUT2D eigenvalue weighted by molar-refractivity contribution is 7.89. The van der Waals surface area contributed by atoms with Crippen molar-refractivity contribution >= 4 is 10.0 Å². The molecule has 1 unspecified atom stereocenters. The van der Waals surface area contributed by atoms with Crippen LogP contribution in [0.5, 0.6) is 0 Å². The lowest BCUT2D eigenvalue weighted by molar-refractivity contribution is 0.258. The SMILES string of the molecule is Cc1noc(C)c1S(=O)(=O)N1CCCC(CCN)C1. The van der Waals surface area contributed by atoms with Crippen molar-refractivity contribution in [2.75, 3.05) is 19.6 Å².